The fourth-order valence-corrected chi connectivity index (χ4v) is 2.79. The second-order valence-electron chi connectivity index (χ2n) is 5.88. The molecule has 0 aliphatic carbocycles. The lowest BCUT2D eigenvalue weighted by Gasteiger charge is -2.30. The van der Waals surface area contributed by atoms with Gasteiger partial charge in [-0.1, -0.05) is 19.1 Å². The van der Waals surface area contributed by atoms with Gasteiger partial charge in [-0.25, -0.2) is 4.98 Å². The monoisotopic (exact) mass is 286 g/mol. The van der Waals surface area contributed by atoms with Gasteiger partial charge in [0.15, 0.2) is 0 Å². The average molecular weight is 286 g/mol. The zero-order chi connectivity index (χ0) is 14.7. The van der Waals surface area contributed by atoms with E-state index in [1.165, 1.54) is 25.9 Å². The molecule has 1 fully saturated rings. The second-order valence-corrected chi connectivity index (χ2v) is 5.88. The summed E-state index contributed by atoms with van der Waals surface area (Å²) in [4.78, 5) is 21.7. The van der Waals surface area contributed by atoms with Gasteiger partial charge in [-0.15, -0.1) is 0 Å². The Labute approximate surface area is 124 Å². The summed E-state index contributed by atoms with van der Waals surface area (Å²) >= 11 is 0. The fourth-order valence-electron chi connectivity index (χ4n) is 2.79. The zero-order valence-electron chi connectivity index (χ0n) is 12.4. The highest BCUT2D eigenvalue weighted by atomic mass is 16.1. The smallest absolute Gasteiger partial charge is 0.260 e. The van der Waals surface area contributed by atoms with Gasteiger partial charge in [-0.3, -0.25) is 9.78 Å². The Kier molecular flexibility index (Phi) is 4.20. The van der Waals surface area contributed by atoms with Gasteiger partial charge in [0, 0.05) is 13.1 Å². The summed E-state index contributed by atoms with van der Waals surface area (Å²) in [6.07, 6.45) is 2.57. The van der Waals surface area contributed by atoms with Crippen LogP contribution in [0.1, 0.15) is 19.8 Å². The molecule has 3 rings (SSSR count). The molecule has 5 nitrogen and oxygen atoms in total. The molecule has 0 saturated carbocycles. The van der Waals surface area contributed by atoms with E-state index in [1.54, 1.807) is 6.07 Å². The number of benzene rings is 1. The summed E-state index contributed by atoms with van der Waals surface area (Å²) in [5.74, 6) is 1.41. The van der Waals surface area contributed by atoms with Gasteiger partial charge >= 0.3 is 0 Å². The van der Waals surface area contributed by atoms with Crippen molar-refractivity contribution in [3.05, 3.63) is 34.6 Å². The number of rotatable bonds is 4. The maximum absolute atomic E-state index is 12.0. The SMILES string of the molecule is CC1CCN(CCNc2nc3ccccc3c(=O)[nH]2)CC1. The van der Waals surface area contributed by atoms with Crippen molar-refractivity contribution in [2.24, 2.45) is 5.92 Å². The second kappa shape index (κ2) is 6.26. The van der Waals surface area contributed by atoms with Crippen molar-refractivity contribution in [1.82, 2.24) is 14.9 Å². The van der Waals surface area contributed by atoms with Crippen molar-refractivity contribution in [2.45, 2.75) is 19.8 Å². The topological polar surface area (TPSA) is 61.0 Å². The predicted molar refractivity (Wildman–Crippen MR) is 85.7 cm³/mol. The van der Waals surface area contributed by atoms with Gasteiger partial charge in [-0.2, -0.15) is 0 Å². The minimum absolute atomic E-state index is 0.0881. The van der Waals surface area contributed by atoms with Crippen molar-refractivity contribution in [3.63, 3.8) is 0 Å². The summed E-state index contributed by atoms with van der Waals surface area (Å²) in [6.45, 7) is 6.45. The fraction of sp³-hybridized carbons (Fsp3) is 0.500. The Bertz CT molecular complexity index is 659. The van der Waals surface area contributed by atoms with Crippen LogP contribution in [0, 0.1) is 5.92 Å². The maximum Gasteiger partial charge on any atom is 0.260 e. The Morgan fingerprint density at radius 1 is 1.33 bits per heavy atom. The van der Waals surface area contributed by atoms with E-state index in [0.29, 0.717) is 11.3 Å². The number of aromatic amines is 1. The van der Waals surface area contributed by atoms with E-state index in [9.17, 15) is 4.79 Å². The van der Waals surface area contributed by atoms with Crippen LogP contribution in [0.15, 0.2) is 29.1 Å². The normalized spacial score (nSPS) is 17.2. The Morgan fingerprint density at radius 2 is 2.10 bits per heavy atom. The first-order valence-electron chi connectivity index (χ1n) is 7.67. The molecule has 0 radical (unpaired) electrons. The molecule has 112 valence electrons. The number of hydrogen-bond acceptors (Lipinski definition) is 4. The van der Waals surface area contributed by atoms with Gasteiger partial charge in [0.25, 0.3) is 5.56 Å². The largest absolute Gasteiger partial charge is 0.354 e. The number of nitrogens with one attached hydrogen (secondary N) is 2. The molecule has 1 aliphatic heterocycles. The van der Waals surface area contributed by atoms with E-state index in [-0.39, 0.29) is 5.56 Å². The number of likely N-dealkylation sites (tertiary alicyclic amines) is 1. The third-order valence-corrected chi connectivity index (χ3v) is 4.21. The highest BCUT2D eigenvalue weighted by Crippen LogP contribution is 2.15. The number of aromatic nitrogens is 2. The van der Waals surface area contributed by atoms with E-state index in [0.717, 1.165) is 24.5 Å². The van der Waals surface area contributed by atoms with E-state index < -0.39 is 0 Å². The molecule has 2 N–H and O–H groups in total. The third kappa shape index (κ3) is 3.42. The highest BCUT2D eigenvalue weighted by Gasteiger charge is 2.14. The Hall–Kier alpha value is -1.88. The maximum atomic E-state index is 12.0. The predicted octanol–water partition coefficient (Wildman–Crippen LogP) is 2.07. The first kappa shape index (κ1) is 14.1. The molecule has 0 bridgehead atoms. The van der Waals surface area contributed by atoms with Crippen molar-refractivity contribution >= 4 is 16.9 Å². The molecule has 21 heavy (non-hydrogen) atoms. The molecular formula is C16H22N4O. The molecule has 0 spiro atoms. The van der Waals surface area contributed by atoms with Crippen LogP contribution in [0.3, 0.4) is 0 Å². The summed E-state index contributed by atoms with van der Waals surface area (Å²) < 4.78 is 0. The van der Waals surface area contributed by atoms with Crippen molar-refractivity contribution in [3.8, 4) is 0 Å². The number of anilines is 1. The van der Waals surface area contributed by atoms with Crippen molar-refractivity contribution in [2.75, 3.05) is 31.5 Å². The quantitative estimate of drug-likeness (QED) is 0.903. The highest BCUT2D eigenvalue weighted by molar-refractivity contribution is 5.78. The molecule has 1 aliphatic rings. The minimum atomic E-state index is -0.0881. The van der Waals surface area contributed by atoms with Crippen LogP contribution in [0.4, 0.5) is 5.95 Å². The summed E-state index contributed by atoms with van der Waals surface area (Å²) in [5.41, 5.74) is 0.644. The number of nitrogens with zero attached hydrogens (tertiary/aromatic N) is 2. The van der Waals surface area contributed by atoms with Crippen LogP contribution in [-0.2, 0) is 0 Å². The van der Waals surface area contributed by atoms with Crippen LogP contribution in [-0.4, -0.2) is 41.0 Å². The van der Waals surface area contributed by atoms with Gasteiger partial charge in [0.1, 0.15) is 0 Å². The molecule has 1 aromatic carbocycles. The third-order valence-electron chi connectivity index (χ3n) is 4.21. The number of fused-ring (bicyclic) bond motifs is 1. The summed E-state index contributed by atoms with van der Waals surface area (Å²) in [6, 6.07) is 7.40. The van der Waals surface area contributed by atoms with Crippen molar-refractivity contribution < 1.29 is 0 Å². The molecule has 0 atom stereocenters. The van der Waals surface area contributed by atoms with Gasteiger partial charge in [-0.05, 0) is 44.0 Å². The average Bonchev–Trinajstić information content (AvgIpc) is 2.49. The summed E-state index contributed by atoms with van der Waals surface area (Å²) in [5, 5.41) is 3.86. The van der Waals surface area contributed by atoms with Crippen LogP contribution in [0.25, 0.3) is 10.9 Å². The van der Waals surface area contributed by atoms with E-state index >= 15 is 0 Å². The Balaban J connectivity index is 1.59. The first-order valence-corrected chi connectivity index (χ1v) is 7.67. The van der Waals surface area contributed by atoms with Crippen LogP contribution >= 0.6 is 0 Å². The Morgan fingerprint density at radius 3 is 2.90 bits per heavy atom. The molecule has 5 heteroatoms. The molecule has 1 saturated heterocycles. The van der Waals surface area contributed by atoms with E-state index in [1.807, 2.05) is 18.2 Å². The lowest BCUT2D eigenvalue weighted by molar-refractivity contribution is 0.199. The lowest BCUT2D eigenvalue weighted by atomic mass is 9.99. The van der Waals surface area contributed by atoms with Crippen LogP contribution in [0.2, 0.25) is 0 Å². The zero-order valence-corrected chi connectivity index (χ0v) is 12.4. The molecular weight excluding hydrogens is 264 g/mol. The molecule has 1 aromatic heterocycles. The first-order chi connectivity index (χ1) is 10.2. The van der Waals surface area contributed by atoms with Crippen LogP contribution < -0.4 is 10.9 Å². The van der Waals surface area contributed by atoms with Crippen LogP contribution in [0.5, 0.6) is 0 Å². The van der Waals surface area contributed by atoms with E-state index in [2.05, 4.69) is 27.1 Å². The van der Waals surface area contributed by atoms with Gasteiger partial charge < -0.3 is 10.2 Å². The molecule has 2 aromatic rings. The molecule has 0 amide bonds. The number of para-hydroxylation sites is 1. The number of piperidine rings is 1. The standard InChI is InChI=1S/C16H22N4O/c1-12-6-9-20(10-7-12)11-8-17-16-18-14-5-3-2-4-13(14)15(21)19-16/h2-5,12H,6-11H2,1H3,(H2,17,18,19,21). The van der Waals surface area contributed by atoms with Gasteiger partial charge in [0.2, 0.25) is 5.95 Å². The number of H-pyrrole nitrogens is 1. The molecule has 0 unspecified atom stereocenters. The van der Waals surface area contributed by atoms with Crippen molar-refractivity contribution in [1.29, 1.82) is 0 Å². The number of hydrogen-bond donors (Lipinski definition) is 2. The van der Waals surface area contributed by atoms with E-state index in [4.69, 9.17) is 0 Å². The minimum Gasteiger partial charge on any atom is -0.354 e. The van der Waals surface area contributed by atoms with Gasteiger partial charge in [0.05, 0.1) is 10.9 Å². The molecule has 2 heterocycles. The lowest BCUT2D eigenvalue weighted by Crippen LogP contribution is -2.36. The summed E-state index contributed by atoms with van der Waals surface area (Å²) in [7, 11) is 0.